The monoisotopic (exact) mass is 580 g/mol. The molecule has 1 unspecified atom stereocenters. The first kappa shape index (κ1) is 28.9. The van der Waals surface area contributed by atoms with Crippen LogP contribution in [0.3, 0.4) is 0 Å². The lowest BCUT2D eigenvalue weighted by molar-refractivity contribution is 0.0210. The first-order valence-electron chi connectivity index (χ1n) is 14.3. The van der Waals surface area contributed by atoms with Crippen LogP contribution < -0.4 is 15.5 Å². The summed E-state index contributed by atoms with van der Waals surface area (Å²) in [7, 11) is 0. The average Bonchev–Trinajstić information content (AvgIpc) is 3.54. The predicted molar refractivity (Wildman–Crippen MR) is 163 cm³/mol. The molecule has 1 aromatic carbocycles. The molecule has 0 saturated carbocycles. The number of benzene rings is 1. The first-order chi connectivity index (χ1) is 19.5. The van der Waals surface area contributed by atoms with Crippen molar-refractivity contribution in [3.63, 3.8) is 0 Å². The minimum atomic E-state index is -0.482. The van der Waals surface area contributed by atoms with Crippen LogP contribution in [-0.4, -0.2) is 64.4 Å². The standard InChI is InChI=1S/C30H40N6O4S/c1-18(2)24-17-39-29(38)36(24)26-25-23(13-16-41-25)33-27(34-26)31-19(3)20-7-9-21(10-8-20)32-22-11-14-35(15-12-22)28(37)40-30(4,5)6/h7-10,13,16,18-19,22,24,32H,11-12,14-15,17H2,1-6H3,(H,31,33,34)/t19?,24-/m1/s1. The minimum Gasteiger partial charge on any atom is -0.447 e. The zero-order valence-electron chi connectivity index (χ0n) is 24.6. The van der Waals surface area contributed by atoms with Crippen molar-refractivity contribution in [1.29, 1.82) is 0 Å². The molecular formula is C30H40N6O4S. The number of amides is 2. The van der Waals surface area contributed by atoms with Gasteiger partial charge in [0.1, 0.15) is 12.2 Å². The van der Waals surface area contributed by atoms with Crippen LogP contribution in [0.25, 0.3) is 10.2 Å². The van der Waals surface area contributed by atoms with Gasteiger partial charge in [-0.15, -0.1) is 11.3 Å². The number of rotatable bonds is 7. The van der Waals surface area contributed by atoms with E-state index in [1.807, 2.05) is 32.2 Å². The molecule has 41 heavy (non-hydrogen) atoms. The molecule has 10 nitrogen and oxygen atoms in total. The molecule has 2 N–H and O–H groups in total. The topological polar surface area (TPSA) is 109 Å². The molecule has 0 spiro atoms. The summed E-state index contributed by atoms with van der Waals surface area (Å²) in [5.41, 5.74) is 2.45. The number of piperidine rings is 1. The van der Waals surface area contributed by atoms with Gasteiger partial charge in [-0.2, -0.15) is 4.98 Å². The number of likely N-dealkylation sites (tertiary alicyclic amines) is 1. The van der Waals surface area contributed by atoms with Crippen molar-refractivity contribution in [2.75, 3.05) is 35.2 Å². The summed E-state index contributed by atoms with van der Waals surface area (Å²) in [6.45, 7) is 13.6. The molecule has 2 aromatic heterocycles. The van der Waals surface area contributed by atoms with E-state index in [1.54, 1.807) is 9.80 Å². The van der Waals surface area contributed by atoms with Crippen LogP contribution in [-0.2, 0) is 9.47 Å². The van der Waals surface area contributed by atoms with Crippen molar-refractivity contribution in [1.82, 2.24) is 14.9 Å². The number of cyclic esters (lactones) is 1. The third-order valence-corrected chi connectivity index (χ3v) is 8.36. The number of nitrogens with one attached hydrogen (secondary N) is 2. The maximum atomic E-state index is 12.7. The number of aromatic nitrogens is 2. The normalized spacial score (nSPS) is 19.0. The highest BCUT2D eigenvalue weighted by atomic mass is 32.1. The zero-order valence-corrected chi connectivity index (χ0v) is 25.5. The fourth-order valence-corrected chi connectivity index (χ4v) is 5.98. The number of thiophene rings is 1. The summed E-state index contributed by atoms with van der Waals surface area (Å²) in [5, 5.41) is 9.00. The summed E-state index contributed by atoms with van der Waals surface area (Å²) in [4.78, 5) is 38.0. The van der Waals surface area contributed by atoms with E-state index >= 15 is 0 Å². The number of carbonyl (C=O) groups is 2. The Morgan fingerprint density at radius 3 is 2.46 bits per heavy atom. The van der Waals surface area contributed by atoms with Crippen molar-refractivity contribution in [2.24, 2.45) is 5.92 Å². The molecule has 0 radical (unpaired) electrons. The molecule has 3 aromatic rings. The SMILES string of the molecule is CC(Nc1nc(N2C(=O)OC[C@@H]2C(C)C)c2sccc2n1)c1ccc(NC2CCN(C(=O)OC(C)(C)C)CC2)cc1. The van der Waals surface area contributed by atoms with Gasteiger partial charge in [-0.25, -0.2) is 14.6 Å². The molecule has 2 saturated heterocycles. The Morgan fingerprint density at radius 1 is 1.10 bits per heavy atom. The van der Waals surface area contributed by atoms with Crippen LogP contribution >= 0.6 is 11.3 Å². The largest absolute Gasteiger partial charge is 0.447 e. The van der Waals surface area contributed by atoms with Crippen LogP contribution in [0.15, 0.2) is 35.7 Å². The van der Waals surface area contributed by atoms with Crippen molar-refractivity contribution in [2.45, 2.75) is 78.1 Å². The third kappa shape index (κ3) is 6.66. The Bertz CT molecular complexity index is 1380. The van der Waals surface area contributed by atoms with Gasteiger partial charge in [0.2, 0.25) is 5.95 Å². The second-order valence-electron chi connectivity index (χ2n) is 12.1. The van der Waals surface area contributed by atoms with E-state index < -0.39 is 5.60 Å². The second-order valence-corrected chi connectivity index (χ2v) is 13.1. The van der Waals surface area contributed by atoms with Gasteiger partial charge >= 0.3 is 12.2 Å². The number of anilines is 3. The molecular weight excluding hydrogens is 540 g/mol. The lowest BCUT2D eigenvalue weighted by atomic mass is 10.0. The summed E-state index contributed by atoms with van der Waals surface area (Å²) in [5.74, 6) is 1.30. The number of carbonyl (C=O) groups excluding carboxylic acids is 2. The Kier molecular flexibility index (Phi) is 8.26. The molecule has 2 amide bonds. The van der Waals surface area contributed by atoms with Crippen molar-refractivity contribution < 1.29 is 19.1 Å². The van der Waals surface area contributed by atoms with E-state index in [-0.39, 0.29) is 30.2 Å². The predicted octanol–water partition coefficient (Wildman–Crippen LogP) is 6.66. The van der Waals surface area contributed by atoms with E-state index in [4.69, 9.17) is 19.4 Å². The lowest BCUT2D eigenvalue weighted by Gasteiger charge is -2.34. The second kappa shape index (κ2) is 11.7. The fourth-order valence-electron chi connectivity index (χ4n) is 5.16. The van der Waals surface area contributed by atoms with Gasteiger partial charge in [-0.05, 0) is 75.6 Å². The molecule has 0 aliphatic carbocycles. The zero-order chi connectivity index (χ0) is 29.3. The van der Waals surface area contributed by atoms with Gasteiger partial charge in [0.15, 0.2) is 5.82 Å². The van der Waals surface area contributed by atoms with E-state index in [1.165, 1.54) is 11.3 Å². The van der Waals surface area contributed by atoms with E-state index in [0.717, 1.165) is 34.3 Å². The quantitative estimate of drug-likeness (QED) is 0.319. The molecule has 5 rings (SSSR count). The van der Waals surface area contributed by atoms with Gasteiger partial charge < -0.3 is 25.0 Å². The molecule has 2 atom stereocenters. The third-order valence-electron chi connectivity index (χ3n) is 7.46. The van der Waals surface area contributed by atoms with E-state index in [0.29, 0.717) is 37.5 Å². The number of hydrogen-bond acceptors (Lipinski definition) is 9. The van der Waals surface area contributed by atoms with Crippen LogP contribution in [0.5, 0.6) is 0 Å². The van der Waals surface area contributed by atoms with E-state index in [9.17, 15) is 9.59 Å². The Balaban J connectivity index is 1.22. The van der Waals surface area contributed by atoms with Crippen LogP contribution in [0, 0.1) is 5.92 Å². The number of hydrogen-bond donors (Lipinski definition) is 2. The molecule has 2 aliphatic rings. The fraction of sp³-hybridized carbons (Fsp3) is 0.533. The summed E-state index contributed by atoms with van der Waals surface area (Å²) in [6, 6.07) is 10.5. The number of ether oxygens (including phenoxy) is 2. The van der Waals surface area contributed by atoms with Crippen LogP contribution in [0.2, 0.25) is 0 Å². The maximum Gasteiger partial charge on any atom is 0.415 e. The van der Waals surface area contributed by atoms with Crippen molar-refractivity contribution in [3.05, 3.63) is 41.3 Å². The van der Waals surface area contributed by atoms with Gasteiger partial charge in [-0.1, -0.05) is 26.0 Å². The van der Waals surface area contributed by atoms with Gasteiger partial charge in [-0.3, -0.25) is 4.90 Å². The molecule has 2 fully saturated rings. The Labute approximate surface area is 245 Å². The summed E-state index contributed by atoms with van der Waals surface area (Å²) < 4.78 is 11.8. The van der Waals surface area contributed by atoms with Crippen molar-refractivity contribution >= 4 is 51.2 Å². The lowest BCUT2D eigenvalue weighted by Crippen LogP contribution is -2.44. The Hall–Kier alpha value is -3.60. The van der Waals surface area contributed by atoms with Crippen LogP contribution in [0.4, 0.5) is 27.0 Å². The average molecular weight is 581 g/mol. The highest BCUT2D eigenvalue weighted by molar-refractivity contribution is 7.17. The summed E-state index contributed by atoms with van der Waals surface area (Å²) in [6.07, 6.45) is 1.13. The molecule has 4 heterocycles. The van der Waals surface area contributed by atoms with Crippen molar-refractivity contribution in [3.8, 4) is 0 Å². The van der Waals surface area contributed by atoms with Gasteiger partial charge in [0.05, 0.1) is 22.3 Å². The minimum absolute atomic E-state index is 0.0588. The van der Waals surface area contributed by atoms with Gasteiger partial charge in [0, 0.05) is 24.8 Å². The number of nitrogens with zero attached hydrogens (tertiary/aromatic N) is 4. The van der Waals surface area contributed by atoms with Crippen LogP contribution in [0.1, 0.15) is 66.0 Å². The molecule has 220 valence electrons. The van der Waals surface area contributed by atoms with Gasteiger partial charge in [0.25, 0.3) is 0 Å². The molecule has 2 aliphatic heterocycles. The highest BCUT2D eigenvalue weighted by Crippen LogP contribution is 2.35. The smallest absolute Gasteiger partial charge is 0.415 e. The summed E-state index contributed by atoms with van der Waals surface area (Å²) >= 11 is 1.52. The molecule has 11 heteroatoms. The number of fused-ring (bicyclic) bond motifs is 1. The van der Waals surface area contributed by atoms with E-state index in [2.05, 4.69) is 55.7 Å². The maximum absolute atomic E-state index is 12.7. The Morgan fingerprint density at radius 2 is 1.80 bits per heavy atom. The first-order valence-corrected chi connectivity index (χ1v) is 15.2. The highest BCUT2D eigenvalue weighted by Gasteiger charge is 2.38. The molecule has 0 bridgehead atoms.